The highest BCUT2D eigenvalue weighted by Crippen LogP contribution is 2.24. The van der Waals surface area contributed by atoms with Crippen LogP contribution in [0.2, 0.25) is 0 Å². The molecule has 1 heterocycles. The maximum Gasteiger partial charge on any atom is 0.305 e. The zero-order chi connectivity index (χ0) is 68.6. The topological polar surface area (TPSA) is 175 Å². The van der Waals surface area contributed by atoms with Crippen molar-refractivity contribution in [1.29, 1.82) is 0 Å². The summed E-state index contributed by atoms with van der Waals surface area (Å²) in [5.74, 6) is -0.171. The van der Waals surface area contributed by atoms with E-state index < -0.39 is 49.5 Å². The number of unbranched alkanes of at least 4 members (excludes halogenated alkanes) is 54. The van der Waals surface area contributed by atoms with Crippen molar-refractivity contribution in [3.63, 3.8) is 0 Å². The standard InChI is InChI=1S/C84H157NO10/c1-3-5-7-9-11-13-15-17-18-45-48-52-56-60-64-68-72-80(89)93-73-69-65-61-57-53-49-46-43-41-39-37-35-33-31-29-27-25-23-21-19-20-22-24-26-28-30-32-34-36-38-40-42-44-47-51-55-59-63-67-71-79(88)85-76(75-94-84-83(92)82(91)81(90)78(74-86)95-84)77(87)70-66-62-58-54-50-16-14-12-10-8-6-4-2/h10,12,19-20,50,54,66,70,76-78,81-84,86-87,90-92H,3-9,11,13-18,21-49,51-53,55-65,67-69,71-75H2,1-2H3,(H,85,88)/b12-10+,20-19-,54-50+,70-66+. The second-order valence-electron chi connectivity index (χ2n) is 28.8. The quantitative estimate of drug-likeness (QED) is 0.0195. The number of amides is 1. The first-order chi connectivity index (χ1) is 46.7. The van der Waals surface area contributed by atoms with E-state index in [0.717, 1.165) is 64.2 Å². The highest BCUT2D eigenvalue weighted by atomic mass is 16.7. The SMILES string of the molecule is CCCC/C=C/CC/C=C/CC/C=C/C(O)C(COC1OC(CO)C(O)C(O)C1O)NC(=O)CCCCCCCCCCCCCCCCCCC/C=C\CCCCCCCCCCCCCCCCCCCCOC(=O)CCCCCCCCCCCCCCCCCC. The predicted molar refractivity (Wildman–Crippen MR) is 403 cm³/mol. The van der Waals surface area contributed by atoms with Crippen molar-refractivity contribution >= 4 is 11.9 Å². The molecule has 11 nitrogen and oxygen atoms in total. The Labute approximate surface area is 586 Å². The van der Waals surface area contributed by atoms with E-state index in [0.29, 0.717) is 19.4 Å². The van der Waals surface area contributed by atoms with Crippen molar-refractivity contribution in [3.05, 3.63) is 48.6 Å². The first kappa shape index (κ1) is 90.6. The summed E-state index contributed by atoms with van der Waals surface area (Å²) in [7, 11) is 0. The van der Waals surface area contributed by atoms with Crippen molar-refractivity contribution in [2.45, 2.75) is 455 Å². The van der Waals surface area contributed by atoms with Gasteiger partial charge in [0.05, 0.1) is 32.0 Å². The molecule has 1 fully saturated rings. The van der Waals surface area contributed by atoms with Crippen LogP contribution < -0.4 is 5.32 Å². The van der Waals surface area contributed by atoms with Crippen LogP contribution in [0.1, 0.15) is 412 Å². The minimum Gasteiger partial charge on any atom is -0.466 e. The minimum absolute atomic E-state index is 0.0206. The van der Waals surface area contributed by atoms with Crippen LogP contribution in [0.5, 0.6) is 0 Å². The molecule has 7 unspecified atom stereocenters. The van der Waals surface area contributed by atoms with E-state index in [1.165, 1.54) is 321 Å². The van der Waals surface area contributed by atoms with Crippen molar-refractivity contribution in [2.24, 2.45) is 0 Å². The van der Waals surface area contributed by atoms with Gasteiger partial charge in [-0.25, -0.2) is 0 Å². The molecule has 0 aromatic carbocycles. The summed E-state index contributed by atoms with van der Waals surface area (Å²) in [4.78, 5) is 25.2. The predicted octanol–water partition coefficient (Wildman–Crippen LogP) is 22.6. The molecular formula is C84H157NO10. The number of hydrogen-bond acceptors (Lipinski definition) is 10. The number of aliphatic hydroxyl groups is 5. The third-order valence-corrected chi connectivity index (χ3v) is 19.6. The average Bonchev–Trinajstić information content (AvgIpc) is 0.850. The van der Waals surface area contributed by atoms with E-state index in [1.54, 1.807) is 6.08 Å². The maximum absolute atomic E-state index is 13.1. The first-order valence-electron chi connectivity index (χ1n) is 41.4. The monoisotopic (exact) mass is 1340 g/mol. The van der Waals surface area contributed by atoms with E-state index in [-0.39, 0.29) is 18.5 Å². The van der Waals surface area contributed by atoms with Gasteiger partial charge in [0.2, 0.25) is 5.91 Å². The molecule has 6 N–H and O–H groups in total. The lowest BCUT2D eigenvalue weighted by molar-refractivity contribution is -0.302. The Bertz CT molecular complexity index is 1720. The summed E-state index contributed by atoms with van der Waals surface area (Å²) >= 11 is 0. The van der Waals surface area contributed by atoms with Gasteiger partial charge in [0.25, 0.3) is 0 Å². The number of aliphatic hydroxyl groups excluding tert-OH is 5. The summed E-state index contributed by atoms with van der Waals surface area (Å²) in [5.41, 5.74) is 0. The van der Waals surface area contributed by atoms with Gasteiger partial charge >= 0.3 is 5.97 Å². The van der Waals surface area contributed by atoms with Crippen molar-refractivity contribution < 1.29 is 49.3 Å². The number of rotatable bonds is 74. The van der Waals surface area contributed by atoms with E-state index in [9.17, 15) is 35.1 Å². The third kappa shape index (κ3) is 61.2. The van der Waals surface area contributed by atoms with Gasteiger partial charge in [-0.05, 0) is 77.0 Å². The van der Waals surface area contributed by atoms with Gasteiger partial charge in [-0.2, -0.15) is 0 Å². The lowest BCUT2D eigenvalue weighted by Gasteiger charge is -2.40. The van der Waals surface area contributed by atoms with Crippen LogP contribution in [0.15, 0.2) is 48.6 Å². The average molecular weight is 1340 g/mol. The second-order valence-corrected chi connectivity index (χ2v) is 28.8. The number of nitrogens with one attached hydrogen (secondary N) is 1. The molecule has 0 aromatic rings. The number of carbonyl (C=O) groups is 2. The van der Waals surface area contributed by atoms with E-state index >= 15 is 0 Å². The lowest BCUT2D eigenvalue weighted by Crippen LogP contribution is -2.60. The third-order valence-electron chi connectivity index (χ3n) is 19.6. The molecule has 0 radical (unpaired) electrons. The Morgan fingerprint density at radius 2 is 0.695 bits per heavy atom. The van der Waals surface area contributed by atoms with Gasteiger partial charge < -0.3 is 45.1 Å². The first-order valence-corrected chi connectivity index (χ1v) is 41.4. The van der Waals surface area contributed by atoms with Crippen LogP contribution in [0.3, 0.4) is 0 Å². The Morgan fingerprint density at radius 3 is 1.07 bits per heavy atom. The summed E-state index contributed by atoms with van der Waals surface area (Å²) < 4.78 is 16.8. The maximum atomic E-state index is 13.1. The number of carbonyl (C=O) groups excluding carboxylic acids is 2. The molecule has 1 saturated heterocycles. The molecule has 7 atom stereocenters. The number of ether oxygens (including phenoxy) is 3. The Morgan fingerprint density at radius 1 is 0.379 bits per heavy atom. The van der Waals surface area contributed by atoms with Crippen LogP contribution in [-0.2, 0) is 23.8 Å². The van der Waals surface area contributed by atoms with E-state index in [1.807, 2.05) is 6.08 Å². The summed E-state index contributed by atoms with van der Waals surface area (Å²) in [6, 6.07) is -0.832. The molecule has 558 valence electrons. The Kier molecular flexibility index (Phi) is 69.5. The zero-order valence-corrected chi connectivity index (χ0v) is 62.4. The van der Waals surface area contributed by atoms with E-state index in [2.05, 4.69) is 55.6 Å². The Balaban J connectivity index is 1.87. The van der Waals surface area contributed by atoms with Gasteiger partial charge in [0.15, 0.2) is 6.29 Å². The molecular weight excluding hydrogens is 1180 g/mol. The fourth-order valence-electron chi connectivity index (χ4n) is 13.2. The van der Waals surface area contributed by atoms with Crippen molar-refractivity contribution in [3.8, 4) is 0 Å². The van der Waals surface area contributed by atoms with Gasteiger partial charge in [-0.1, -0.05) is 371 Å². The second kappa shape index (κ2) is 72.9. The molecule has 11 heteroatoms. The largest absolute Gasteiger partial charge is 0.466 e. The van der Waals surface area contributed by atoms with Gasteiger partial charge in [0.1, 0.15) is 24.4 Å². The van der Waals surface area contributed by atoms with E-state index in [4.69, 9.17) is 14.2 Å². The molecule has 1 aliphatic heterocycles. The highest BCUT2D eigenvalue weighted by molar-refractivity contribution is 5.76. The number of allylic oxidation sites excluding steroid dienone is 7. The van der Waals surface area contributed by atoms with Crippen LogP contribution in [0.4, 0.5) is 0 Å². The number of esters is 1. The molecule has 1 amide bonds. The smallest absolute Gasteiger partial charge is 0.305 e. The zero-order valence-electron chi connectivity index (χ0n) is 62.4. The van der Waals surface area contributed by atoms with Crippen LogP contribution in [-0.4, -0.2) is 100 Å². The molecule has 95 heavy (non-hydrogen) atoms. The molecule has 0 aliphatic carbocycles. The van der Waals surface area contributed by atoms with Gasteiger partial charge in [-0.15, -0.1) is 0 Å². The van der Waals surface area contributed by atoms with Crippen LogP contribution >= 0.6 is 0 Å². The lowest BCUT2D eigenvalue weighted by atomic mass is 9.99. The van der Waals surface area contributed by atoms with Crippen molar-refractivity contribution in [2.75, 3.05) is 19.8 Å². The molecule has 0 aromatic heterocycles. The van der Waals surface area contributed by atoms with Crippen LogP contribution in [0, 0.1) is 0 Å². The van der Waals surface area contributed by atoms with Crippen molar-refractivity contribution in [1.82, 2.24) is 5.32 Å². The fourth-order valence-corrected chi connectivity index (χ4v) is 13.2. The molecule has 1 rings (SSSR count). The minimum atomic E-state index is -1.58. The summed E-state index contributed by atoms with van der Waals surface area (Å²) in [6.45, 7) is 4.33. The normalized spacial score (nSPS) is 17.6. The van der Waals surface area contributed by atoms with Crippen LogP contribution in [0.25, 0.3) is 0 Å². The molecule has 0 bridgehead atoms. The molecule has 0 spiro atoms. The molecule has 1 aliphatic rings. The summed E-state index contributed by atoms with van der Waals surface area (Å²) in [6.07, 6.45) is 87.4. The fraction of sp³-hybridized carbons (Fsp3) is 0.881. The number of hydrogen-bond donors (Lipinski definition) is 6. The molecule has 0 saturated carbocycles. The van der Waals surface area contributed by atoms with Gasteiger partial charge in [0, 0.05) is 12.8 Å². The Hall–Kier alpha value is -2.38. The summed E-state index contributed by atoms with van der Waals surface area (Å²) in [5, 5.41) is 54.5. The van der Waals surface area contributed by atoms with Gasteiger partial charge in [-0.3, -0.25) is 9.59 Å². The highest BCUT2D eigenvalue weighted by Gasteiger charge is 2.44.